The SMILES string of the molecule is CC(CCC(=O)O)Nc1nc2ccccc2cc1C#N. The number of fused-ring (bicyclic) bond motifs is 1. The molecule has 0 amide bonds. The maximum atomic E-state index is 10.6. The maximum Gasteiger partial charge on any atom is 0.303 e. The number of hydrogen-bond acceptors (Lipinski definition) is 4. The molecular formula is C15H15N3O2. The number of hydrogen-bond donors (Lipinski definition) is 2. The van der Waals surface area contributed by atoms with E-state index in [4.69, 9.17) is 5.11 Å². The second-order valence-corrected chi connectivity index (χ2v) is 4.67. The number of benzene rings is 1. The zero-order valence-corrected chi connectivity index (χ0v) is 11.1. The van der Waals surface area contributed by atoms with Gasteiger partial charge in [-0.2, -0.15) is 5.26 Å². The number of pyridine rings is 1. The van der Waals surface area contributed by atoms with Crippen molar-refractivity contribution < 1.29 is 9.90 Å². The minimum Gasteiger partial charge on any atom is -0.481 e. The Bertz CT molecular complexity index is 676. The molecule has 1 atom stereocenters. The summed E-state index contributed by atoms with van der Waals surface area (Å²) >= 11 is 0. The van der Waals surface area contributed by atoms with Gasteiger partial charge in [-0.05, 0) is 25.5 Å². The van der Waals surface area contributed by atoms with Crippen LogP contribution in [-0.4, -0.2) is 22.1 Å². The largest absolute Gasteiger partial charge is 0.481 e. The molecule has 1 aromatic heterocycles. The summed E-state index contributed by atoms with van der Waals surface area (Å²) in [6, 6.07) is 11.4. The van der Waals surface area contributed by atoms with Crippen molar-refractivity contribution in [1.82, 2.24) is 4.98 Å². The van der Waals surface area contributed by atoms with Gasteiger partial charge in [0.1, 0.15) is 11.9 Å². The Kier molecular flexibility index (Phi) is 4.16. The molecule has 2 N–H and O–H groups in total. The molecule has 0 fully saturated rings. The van der Waals surface area contributed by atoms with E-state index in [1.165, 1.54) is 0 Å². The van der Waals surface area contributed by atoms with Crippen LogP contribution in [0, 0.1) is 11.3 Å². The monoisotopic (exact) mass is 269 g/mol. The van der Waals surface area contributed by atoms with Crippen molar-refractivity contribution in [1.29, 1.82) is 5.26 Å². The fourth-order valence-electron chi connectivity index (χ4n) is 1.96. The van der Waals surface area contributed by atoms with Crippen LogP contribution in [0.3, 0.4) is 0 Å². The van der Waals surface area contributed by atoms with E-state index in [1.54, 1.807) is 6.07 Å². The Morgan fingerprint density at radius 2 is 2.25 bits per heavy atom. The van der Waals surface area contributed by atoms with Gasteiger partial charge in [-0.1, -0.05) is 18.2 Å². The number of aliphatic carboxylic acids is 1. The number of carbonyl (C=O) groups is 1. The second kappa shape index (κ2) is 6.02. The molecule has 1 aromatic carbocycles. The number of para-hydroxylation sites is 1. The second-order valence-electron chi connectivity index (χ2n) is 4.67. The van der Waals surface area contributed by atoms with E-state index in [0.29, 0.717) is 17.8 Å². The Hall–Kier alpha value is -2.61. The summed E-state index contributed by atoms with van der Waals surface area (Å²) in [5.74, 6) is -0.324. The standard InChI is InChI=1S/C15H15N3O2/c1-10(6-7-14(19)20)17-15-12(9-16)8-11-4-2-3-5-13(11)18-15/h2-5,8,10H,6-7H2,1H3,(H,17,18)(H,19,20). The molecule has 5 nitrogen and oxygen atoms in total. The van der Waals surface area contributed by atoms with E-state index in [0.717, 1.165) is 10.9 Å². The average Bonchev–Trinajstić information content (AvgIpc) is 2.44. The van der Waals surface area contributed by atoms with E-state index < -0.39 is 5.97 Å². The van der Waals surface area contributed by atoms with Crippen LogP contribution in [0.1, 0.15) is 25.3 Å². The van der Waals surface area contributed by atoms with E-state index in [9.17, 15) is 10.1 Å². The van der Waals surface area contributed by atoms with Gasteiger partial charge in [0.25, 0.3) is 0 Å². The molecule has 0 radical (unpaired) electrons. The van der Waals surface area contributed by atoms with Gasteiger partial charge in [0, 0.05) is 17.8 Å². The first-order chi connectivity index (χ1) is 9.60. The first-order valence-electron chi connectivity index (χ1n) is 6.38. The molecule has 0 aliphatic carbocycles. The van der Waals surface area contributed by atoms with Crippen molar-refractivity contribution in [3.8, 4) is 6.07 Å². The van der Waals surface area contributed by atoms with Gasteiger partial charge < -0.3 is 10.4 Å². The van der Waals surface area contributed by atoms with Crippen molar-refractivity contribution in [2.45, 2.75) is 25.8 Å². The first-order valence-corrected chi connectivity index (χ1v) is 6.38. The minimum absolute atomic E-state index is 0.0631. The molecule has 1 heterocycles. The quantitative estimate of drug-likeness (QED) is 0.871. The minimum atomic E-state index is -0.828. The number of nitrogens with zero attached hydrogens (tertiary/aromatic N) is 2. The summed E-state index contributed by atoms with van der Waals surface area (Å²) in [5, 5.41) is 21.9. The molecule has 102 valence electrons. The Morgan fingerprint density at radius 3 is 2.95 bits per heavy atom. The van der Waals surface area contributed by atoms with Gasteiger partial charge in [-0.15, -0.1) is 0 Å². The first kappa shape index (κ1) is 13.8. The van der Waals surface area contributed by atoms with Gasteiger partial charge in [-0.25, -0.2) is 4.98 Å². The molecule has 0 aliphatic heterocycles. The van der Waals surface area contributed by atoms with Gasteiger partial charge in [0.2, 0.25) is 0 Å². The third-order valence-corrected chi connectivity index (χ3v) is 3.02. The van der Waals surface area contributed by atoms with Gasteiger partial charge in [0.05, 0.1) is 11.1 Å². The zero-order valence-electron chi connectivity index (χ0n) is 11.1. The van der Waals surface area contributed by atoms with Crippen LogP contribution in [0.25, 0.3) is 10.9 Å². The van der Waals surface area contributed by atoms with Crippen molar-refractivity contribution in [2.75, 3.05) is 5.32 Å². The number of rotatable bonds is 5. The van der Waals surface area contributed by atoms with Crippen LogP contribution < -0.4 is 5.32 Å². The van der Waals surface area contributed by atoms with Crippen LogP contribution in [0.4, 0.5) is 5.82 Å². The lowest BCUT2D eigenvalue weighted by Gasteiger charge is -2.15. The average molecular weight is 269 g/mol. The topological polar surface area (TPSA) is 86.0 Å². The van der Waals surface area contributed by atoms with Crippen LogP contribution in [0.2, 0.25) is 0 Å². The molecule has 0 bridgehead atoms. The fourth-order valence-corrected chi connectivity index (χ4v) is 1.96. The predicted octanol–water partition coefficient (Wildman–Crippen LogP) is 2.77. The summed E-state index contributed by atoms with van der Waals surface area (Å²) in [6.45, 7) is 1.88. The molecule has 0 aliphatic rings. The van der Waals surface area contributed by atoms with E-state index >= 15 is 0 Å². The van der Waals surface area contributed by atoms with Crippen molar-refractivity contribution in [2.24, 2.45) is 0 Å². The molecule has 2 aromatic rings. The lowest BCUT2D eigenvalue weighted by atomic mass is 10.1. The van der Waals surface area contributed by atoms with Gasteiger partial charge in [-0.3, -0.25) is 4.79 Å². The number of carboxylic acids is 1. The van der Waals surface area contributed by atoms with Crippen molar-refractivity contribution in [3.05, 3.63) is 35.9 Å². The highest BCUT2D eigenvalue weighted by atomic mass is 16.4. The van der Waals surface area contributed by atoms with Crippen LogP contribution >= 0.6 is 0 Å². The lowest BCUT2D eigenvalue weighted by Crippen LogP contribution is -2.18. The summed E-state index contributed by atoms with van der Waals surface area (Å²) in [4.78, 5) is 15.0. The molecular weight excluding hydrogens is 254 g/mol. The number of anilines is 1. The summed E-state index contributed by atoms with van der Waals surface area (Å²) in [7, 11) is 0. The third kappa shape index (κ3) is 3.23. The Balaban J connectivity index is 2.24. The Morgan fingerprint density at radius 1 is 1.50 bits per heavy atom. The summed E-state index contributed by atoms with van der Waals surface area (Å²) in [6.07, 6.45) is 0.568. The van der Waals surface area contributed by atoms with E-state index in [2.05, 4.69) is 16.4 Å². The highest BCUT2D eigenvalue weighted by Gasteiger charge is 2.10. The summed E-state index contributed by atoms with van der Waals surface area (Å²) in [5.41, 5.74) is 1.27. The fraction of sp³-hybridized carbons (Fsp3) is 0.267. The zero-order chi connectivity index (χ0) is 14.5. The van der Waals surface area contributed by atoms with Crippen LogP contribution in [-0.2, 0) is 4.79 Å². The van der Waals surface area contributed by atoms with Crippen LogP contribution in [0.5, 0.6) is 0 Å². The molecule has 2 rings (SSSR count). The summed E-state index contributed by atoms with van der Waals surface area (Å²) < 4.78 is 0. The number of aromatic nitrogens is 1. The normalized spacial score (nSPS) is 11.8. The highest BCUT2D eigenvalue weighted by molar-refractivity contribution is 5.82. The molecule has 1 unspecified atom stereocenters. The molecule has 0 saturated heterocycles. The highest BCUT2D eigenvalue weighted by Crippen LogP contribution is 2.20. The number of nitriles is 1. The van der Waals surface area contributed by atoms with E-state index in [-0.39, 0.29) is 12.5 Å². The van der Waals surface area contributed by atoms with Crippen LogP contribution in [0.15, 0.2) is 30.3 Å². The lowest BCUT2D eigenvalue weighted by molar-refractivity contribution is -0.137. The molecule has 20 heavy (non-hydrogen) atoms. The van der Waals surface area contributed by atoms with Crippen molar-refractivity contribution >= 4 is 22.7 Å². The molecule has 0 saturated carbocycles. The molecule has 5 heteroatoms. The predicted molar refractivity (Wildman–Crippen MR) is 76.4 cm³/mol. The smallest absolute Gasteiger partial charge is 0.303 e. The maximum absolute atomic E-state index is 10.6. The van der Waals surface area contributed by atoms with Gasteiger partial charge >= 0.3 is 5.97 Å². The third-order valence-electron chi connectivity index (χ3n) is 3.02. The number of nitrogens with one attached hydrogen (secondary N) is 1. The van der Waals surface area contributed by atoms with Crippen molar-refractivity contribution in [3.63, 3.8) is 0 Å². The van der Waals surface area contributed by atoms with Gasteiger partial charge in [0.15, 0.2) is 0 Å². The Labute approximate surface area is 116 Å². The van der Waals surface area contributed by atoms with E-state index in [1.807, 2.05) is 31.2 Å². The molecule has 0 spiro atoms. The number of carboxylic acid groups (broad SMARTS) is 1.